The Bertz CT molecular complexity index is 986. The first-order valence-corrected chi connectivity index (χ1v) is 8.24. The number of hydrazone groups is 1. The second kappa shape index (κ2) is 7.89. The highest BCUT2D eigenvalue weighted by Crippen LogP contribution is 2.35. The summed E-state index contributed by atoms with van der Waals surface area (Å²) in [5.74, 6) is 0.646. The largest absolute Gasteiger partial charge is 0.493 e. The third-order valence-electron chi connectivity index (χ3n) is 3.85. The van der Waals surface area contributed by atoms with Gasteiger partial charge in [-0.15, -0.1) is 0 Å². The van der Waals surface area contributed by atoms with Gasteiger partial charge in [0.1, 0.15) is 0 Å². The molecule has 26 heavy (non-hydrogen) atoms. The molecule has 1 amide bonds. The minimum atomic E-state index is -0.293. The molecule has 0 unspecified atom stereocenters. The second-order valence-electron chi connectivity index (χ2n) is 5.50. The molecule has 3 aromatic carbocycles. The first-order chi connectivity index (χ1) is 12.6. The molecule has 132 valence electrons. The van der Waals surface area contributed by atoms with Crippen LogP contribution in [-0.2, 0) is 0 Å². The van der Waals surface area contributed by atoms with Crippen LogP contribution in [0.15, 0.2) is 59.7 Å². The maximum atomic E-state index is 12.3. The summed E-state index contributed by atoms with van der Waals surface area (Å²) in [6, 6.07) is 16.7. The Labute approximate surface area is 156 Å². The predicted octanol–water partition coefficient (Wildman–Crippen LogP) is 4.27. The number of carbonyl (C=O) groups is 1. The molecule has 0 aliphatic heterocycles. The van der Waals surface area contributed by atoms with E-state index in [2.05, 4.69) is 10.5 Å². The van der Waals surface area contributed by atoms with Gasteiger partial charge < -0.3 is 9.47 Å². The Morgan fingerprint density at radius 3 is 2.54 bits per heavy atom. The van der Waals surface area contributed by atoms with E-state index in [4.69, 9.17) is 21.1 Å². The number of fused-ring (bicyclic) bond motifs is 1. The minimum Gasteiger partial charge on any atom is -0.493 e. The molecule has 0 atom stereocenters. The molecule has 3 rings (SSSR count). The van der Waals surface area contributed by atoms with Crippen molar-refractivity contribution in [2.24, 2.45) is 5.10 Å². The van der Waals surface area contributed by atoms with Gasteiger partial charge in [0, 0.05) is 5.56 Å². The highest BCUT2D eigenvalue weighted by molar-refractivity contribution is 6.32. The van der Waals surface area contributed by atoms with Gasteiger partial charge in [-0.3, -0.25) is 4.79 Å². The lowest BCUT2D eigenvalue weighted by atomic mass is 10.1. The molecule has 0 fully saturated rings. The van der Waals surface area contributed by atoms with Crippen LogP contribution in [-0.4, -0.2) is 26.3 Å². The minimum absolute atomic E-state index is 0.293. The molecule has 0 bridgehead atoms. The number of benzene rings is 3. The summed E-state index contributed by atoms with van der Waals surface area (Å²) in [6.07, 6.45) is 1.49. The maximum Gasteiger partial charge on any atom is 0.271 e. The number of halogens is 1. The van der Waals surface area contributed by atoms with Gasteiger partial charge in [0.05, 0.1) is 25.5 Å². The summed E-state index contributed by atoms with van der Waals surface area (Å²) < 4.78 is 10.4. The lowest BCUT2D eigenvalue weighted by Crippen LogP contribution is -2.17. The summed E-state index contributed by atoms with van der Waals surface area (Å²) >= 11 is 6.15. The Morgan fingerprint density at radius 1 is 1.04 bits per heavy atom. The second-order valence-corrected chi connectivity index (χ2v) is 5.91. The van der Waals surface area contributed by atoms with Crippen LogP contribution >= 0.6 is 11.6 Å². The van der Waals surface area contributed by atoms with Crippen LogP contribution in [0.25, 0.3) is 10.8 Å². The number of methoxy groups -OCH3 is 2. The molecule has 0 heterocycles. The summed E-state index contributed by atoms with van der Waals surface area (Å²) in [6.45, 7) is 0. The number of hydrogen-bond acceptors (Lipinski definition) is 4. The first-order valence-electron chi connectivity index (χ1n) is 7.86. The number of hydrogen-bond donors (Lipinski definition) is 1. The lowest BCUT2D eigenvalue weighted by molar-refractivity contribution is 0.0955. The van der Waals surface area contributed by atoms with Gasteiger partial charge >= 0.3 is 0 Å². The third-order valence-corrected chi connectivity index (χ3v) is 4.13. The van der Waals surface area contributed by atoms with Gasteiger partial charge in [-0.05, 0) is 40.6 Å². The Kier molecular flexibility index (Phi) is 5.39. The highest BCUT2D eigenvalue weighted by atomic mass is 35.5. The molecule has 5 nitrogen and oxygen atoms in total. The SMILES string of the molecule is COc1cc(/C=N\NC(=O)c2ccc3ccccc3c2)cc(Cl)c1OC. The number of nitrogens with one attached hydrogen (secondary N) is 1. The number of ether oxygens (including phenoxy) is 2. The zero-order valence-electron chi connectivity index (χ0n) is 14.3. The van der Waals surface area contributed by atoms with Gasteiger partial charge in [0.15, 0.2) is 11.5 Å². The normalized spacial score (nSPS) is 10.9. The van der Waals surface area contributed by atoms with E-state index in [1.54, 1.807) is 18.2 Å². The highest BCUT2D eigenvalue weighted by Gasteiger charge is 2.10. The van der Waals surface area contributed by atoms with Gasteiger partial charge in [-0.25, -0.2) is 5.43 Å². The van der Waals surface area contributed by atoms with Crippen molar-refractivity contribution in [3.05, 3.63) is 70.7 Å². The predicted molar refractivity (Wildman–Crippen MR) is 104 cm³/mol. The van der Waals surface area contributed by atoms with Crippen molar-refractivity contribution in [1.82, 2.24) is 5.43 Å². The fraction of sp³-hybridized carbons (Fsp3) is 0.100. The van der Waals surface area contributed by atoms with Crippen LogP contribution in [0.1, 0.15) is 15.9 Å². The van der Waals surface area contributed by atoms with Gasteiger partial charge in [-0.2, -0.15) is 5.10 Å². The molecule has 6 heteroatoms. The van der Waals surface area contributed by atoms with Crippen molar-refractivity contribution < 1.29 is 14.3 Å². The van der Waals surface area contributed by atoms with E-state index in [1.807, 2.05) is 36.4 Å². The number of rotatable bonds is 5. The average Bonchev–Trinajstić information content (AvgIpc) is 2.67. The molecule has 1 N–H and O–H groups in total. The molecular weight excluding hydrogens is 352 g/mol. The monoisotopic (exact) mass is 368 g/mol. The van der Waals surface area contributed by atoms with Crippen molar-refractivity contribution >= 4 is 34.5 Å². The van der Waals surface area contributed by atoms with Crippen LogP contribution in [0.3, 0.4) is 0 Å². The van der Waals surface area contributed by atoms with Crippen LogP contribution in [0.2, 0.25) is 5.02 Å². The van der Waals surface area contributed by atoms with E-state index in [0.717, 1.165) is 10.8 Å². The Balaban J connectivity index is 1.75. The van der Waals surface area contributed by atoms with Gasteiger partial charge in [-0.1, -0.05) is 41.9 Å². The topological polar surface area (TPSA) is 59.9 Å². The zero-order chi connectivity index (χ0) is 18.5. The molecule has 0 aliphatic rings. The molecule has 0 saturated heterocycles. The van der Waals surface area contributed by atoms with E-state index >= 15 is 0 Å². The maximum absolute atomic E-state index is 12.3. The van der Waals surface area contributed by atoms with Crippen LogP contribution < -0.4 is 14.9 Å². The fourth-order valence-electron chi connectivity index (χ4n) is 2.57. The van der Waals surface area contributed by atoms with Crippen molar-refractivity contribution in [3.8, 4) is 11.5 Å². The average molecular weight is 369 g/mol. The van der Waals surface area contributed by atoms with Crippen molar-refractivity contribution in [2.45, 2.75) is 0 Å². The van der Waals surface area contributed by atoms with Crippen LogP contribution in [0.5, 0.6) is 11.5 Å². The smallest absolute Gasteiger partial charge is 0.271 e. The summed E-state index contributed by atoms with van der Waals surface area (Å²) in [5, 5.41) is 6.46. The fourth-order valence-corrected chi connectivity index (χ4v) is 2.87. The van der Waals surface area contributed by atoms with Gasteiger partial charge in [0.25, 0.3) is 5.91 Å². The third kappa shape index (κ3) is 3.78. The molecular formula is C20H17ClN2O3. The van der Waals surface area contributed by atoms with E-state index in [1.165, 1.54) is 20.4 Å². The van der Waals surface area contributed by atoms with E-state index in [0.29, 0.717) is 27.6 Å². The van der Waals surface area contributed by atoms with Gasteiger partial charge in [0.2, 0.25) is 0 Å². The van der Waals surface area contributed by atoms with E-state index < -0.39 is 0 Å². The molecule has 0 radical (unpaired) electrons. The molecule has 3 aromatic rings. The van der Waals surface area contributed by atoms with Crippen LogP contribution in [0, 0.1) is 0 Å². The first kappa shape index (κ1) is 17.8. The van der Waals surface area contributed by atoms with Crippen molar-refractivity contribution in [2.75, 3.05) is 14.2 Å². The standard InChI is InChI=1S/C20H17ClN2O3/c1-25-18-10-13(9-17(21)19(18)26-2)12-22-23-20(24)16-8-7-14-5-3-4-6-15(14)11-16/h3-12H,1-2H3,(H,23,24)/b22-12-. The summed E-state index contributed by atoms with van der Waals surface area (Å²) in [5.41, 5.74) is 3.72. The summed E-state index contributed by atoms with van der Waals surface area (Å²) in [4.78, 5) is 12.3. The Hall–Kier alpha value is -3.05. The van der Waals surface area contributed by atoms with Crippen LogP contribution in [0.4, 0.5) is 0 Å². The molecule has 0 aliphatic carbocycles. The number of amides is 1. The van der Waals surface area contributed by atoms with E-state index in [-0.39, 0.29) is 5.91 Å². The lowest BCUT2D eigenvalue weighted by Gasteiger charge is -2.09. The van der Waals surface area contributed by atoms with E-state index in [9.17, 15) is 4.79 Å². The molecule has 0 aromatic heterocycles. The zero-order valence-corrected chi connectivity index (χ0v) is 15.1. The number of nitrogens with zero attached hydrogens (tertiary/aromatic N) is 1. The van der Waals surface area contributed by atoms with Crippen molar-refractivity contribution in [3.63, 3.8) is 0 Å². The summed E-state index contributed by atoms with van der Waals surface area (Å²) in [7, 11) is 3.04. The Morgan fingerprint density at radius 2 is 1.81 bits per heavy atom. The number of carbonyl (C=O) groups excluding carboxylic acids is 1. The molecule has 0 saturated carbocycles. The van der Waals surface area contributed by atoms with Crippen molar-refractivity contribution in [1.29, 1.82) is 0 Å². The molecule has 0 spiro atoms. The quantitative estimate of drug-likeness (QED) is 0.540.